The highest BCUT2D eigenvalue weighted by atomic mass is 35.5. The summed E-state index contributed by atoms with van der Waals surface area (Å²) in [6.45, 7) is 6.93. The Morgan fingerprint density at radius 3 is 2.62 bits per heavy atom. The number of nitrogens with zero attached hydrogens (tertiary/aromatic N) is 1. The summed E-state index contributed by atoms with van der Waals surface area (Å²) in [5.74, 6) is 0.678. The van der Waals surface area contributed by atoms with E-state index in [-0.39, 0.29) is 18.3 Å². The summed E-state index contributed by atoms with van der Waals surface area (Å²) in [7, 11) is 0. The van der Waals surface area contributed by atoms with E-state index in [9.17, 15) is 4.79 Å². The third kappa shape index (κ3) is 6.54. The minimum Gasteiger partial charge on any atom is -0.369 e. The van der Waals surface area contributed by atoms with Gasteiger partial charge in [-0.15, -0.1) is 12.4 Å². The van der Waals surface area contributed by atoms with Crippen LogP contribution in [0.4, 0.5) is 0 Å². The van der Waals surface area contributed by atoms with E-state index in [0.717, 1.165) is 32.1 Å². The van der Waals surface area contributed by atoms with Crippen LogP contribution in [0.25, 0.3) is 0 Å². The lowest BCUT2D eigenvalue weighted by Gasteiger charge is -2.32. The standard InChI is InChI=1S/C16H31N3O.ClH/c1-16(8-9-18-12-16)13-19(11-15(17)20)10-7-14-5-3-2-4-6-14;/h14,18H,2-13H2,1H3,(H2,17,20);1H. The molecule has 3 N–H and O–H groups in total. The van der Waals surface area contributed by atoms with Gasteiger partial charge in [-0.1, -0.05) is 39.0 Å². The van der Waals surface area contributed by atoms with E-state index in [4.69, 9.17) is 5.73 Å². The fourth-order valence-corrected chi connectivity index (χ4v) is 3.82. The average Bonchev–Trinajstić information content (AvgIpc) is 2.83. The lowest BCUT2D eigenvalue weighted by Crippen LogP contribution is -2.42. The quantitative estimate of drug-likeness (QED) is 0.756. The summed E-state index contributed by atoms with van der Waals surface area (Å²) in [6, 6.07) is 0. The summed E-state index contributed by atoms with van der Waals surface area (Å²) in [6.07, 6.45) is 9.38. The van der Waals surface area contributed by atoms with Crippen molar-refractivity contribution in [2.24, 2.45) is 17.1 Å². The molecule has 0 spiro atoms. The van der Waals surface area contributed by atoms with Gasteiger partial charge in [-0.2, -0.15) is 0 Å². The monoisotopic (exact) mass is 317 g/mol. The predicted molar refractivity (Wildman–Crippen MR) is 89.7 cm³/mol. The molecule has 1 amide bonds. The van der Waals surface area contributed by atoms with Gasteiger partial charge in [-0.05, 0) is 37.3 Å². The van der Waals surface area contributed by atoms with Gasteiger partial charge >= 0.3 is 0 Å². The van der Waals surface area contributed by atoms with Crippen molar-refractivity contribution in [3.8, 4) is 0 Å². The van der Waals surface area contributed by atoms with Crippen molar-refractivity contribution in [3.63, 3.8) is 0 Å². The molecule has 2 aliphatic rings. The zero-order valence-electron chi connectivity index (χ0n) is 13.4. The molecule has 124 valence electrons. The van der Waals surface area contributed by atoms with Gasteiger partial charge in [-0.25, -0.2) is 0 Å². The number of rotatable bonds is 7. The Labute approximate surface area is 135 Å². The number of carbonyl (C=O) groups excluding carboxylic acids is 1. The van der Waals surface area contributed by atoms with Gasteiger partial charge in [0, 0.05) is 13.1 Å². The molecule has 21 heavy (non-hydrogen) atoms. The van der Waals surface area contributed by atoms with Gasteiger partial charge < -0.3 is 11.1 Å². The second-order valence-electron chi connectivity index (χ2n) is 7.21. The molecule has 4 nitrogen and oxygen atoms in total. The Kier molecular flexibility index (Phi) is 7.99. The molecule has 5 heteroatoms. The van der Waals surface area contributed by atoms with Crippen LogP contribution in [0.5, 0.6) is 0 Å². The first kappa shape index (κ1) is 18.7. The normalized spacial score (nSPS) is 26.8. The minimum atomic E-state index is -0.191. The fraction of sp³-hybridized carbons (Fsp3) is 0.938. The van der Waals surface area contributed by atoms with E-state index in [2.05, 4.69) is 17.1 Å². The molecule has 0 aromatic heterocycles. The van der Waals surface area contributed by atoms with Crippen LogP contribution in [-0.4, -0.2) is 43.5 Å². The van der Waals surface area contributed by atoms with Crippen LogP contribution < -0.4 is 11.1 Å². The number of carbonyl (C=O) groups is 1. The fourth-order valence-electron chi connectivity index (χ4n) is 3.82. The molecule has 0 bridgehead atoms. The van der Waals surface area contributed by atoms with Crippen molar-refractivity contribution in [2.75, 3.05) is 32.7 Å². The summed E-state index contributed by atoms with van der Waals surface area (Å²) >= 11 is 0. The van der Waals surface area contributed by atoms with Crippen molar-refractivity contribution in [3.05, 3.63) is 0 Å². The number of hydrogen-bond acceptors (Lipinski definition) is 3. The van der Waals surface area contributed by atoms with Crippen LogP contribution >= 0.6 is 12.4 Å². The minimum absolute atomic E-state index is 0. The van der Waals surface area contributed by atoms with Crippen molar-refractivity contribution >= 4 is 18.3 Å². The van der Waals surface area contributed by atoms with Gasteiger partial charge in [0.05, 0.1) is 6.54 Å². The molecule has 0 aromatic carbocycles. The lowest BCUT2D eigenvalue weighted by atomic mass is 9.86. The first-order valence-electron chi connectivity index (χ1n) is 8.29. The van der Waals surface area contributed by atoms with Gasteiger partial charge in [0.15, 0.2) is 0 Å². The Morgan fingerprint density at radius 2 is 2.05 bits per heavy atom. The van der Waals surface area contributed by atoms with Crippen molar-refractivity contribution in [2.45, 2.75) is 51.9 Å². The van der Waals surface area contributed by atoms with Gasteiger partial charge in [0.25, 0.3) is 0 Å². The molecule has 0 aromatic rings. The van der Waals surface area contributed by atoms with E-state index in [1.807, 2.05) is 0 Å². The molecular weight excluding hydrogens is 286 g/mol. The average molecular weight is 318 g/mol. The van der Waals surface area contributed by atoms with Gasteiger partial charge in [0.1, 0.15) is 0 Å². The number of primary amides is 1. The SMILES string of the molecule is CC1(CN(CCC2CCCCC2)CC(N)=O)CCNC1.Cl. The molecule has 1 saturated carbocycles. The van der Waals surface area contributed by atoms with Crippen molar-refractivity contribution < 1.29 is 4.79 Å². The Morgan fingerprint density at radius 1 is 1.33 bits per heavy atom. The van der Waals surface area contributed by atoms with Crippen LogP contribution in [0.1, 0.15) is 51.9 Å². The van der Waals surface area contributed by atoms with E-state index in [1.165, 1.54) is 44.9 Å². The highest BCUT2D eigenvalue weighted by molar-refractivity contribution is 5.85. The number of nitrogens with one attached hydrogen (secondary N) is 1. The zero-order chi connectivity index (χ0) is 14.4. The van der Waals surface area contributed by atoms with Crippen LogP contribution in [0.2, 0.25) is 0 Å². The van der Waals surface area contributed by atoms with Crippen LogP contribution in [0.3, 0.4) is 0 Å². The van der Waals surface area contributed by atoms with Crippen molar-refractivity contribution in [1.29, 1.82) is 0 Å². The first-order valence-corrected chi connectivity index (χ1v) is 8.29. The lowest BCUT2D eigenvalue weighted by molar-refractivity contribution is -0.119. The zero-order valence-corrected chi connectivity index (χ0v) is 14.2. The second-order valence-corrected chi connectivity index (χ2v) is 7.21. The van der Waals surface area contributed by atoms with Crippen LogP contribution in [-0.2, 0) is 4.79 Å². The third-order valence-electron chi connectivity index (χ3n) is 5.02. The molecular formula is C16H32ClN3O. The largest absolute Gasteiger partial charge is 0.369 e. The summed E-state index contributed by atoms with van der Waals surface area (Å²) < 4.78 is 0. The van der Waals surface area contributed by atoms with Crippen LogP contribution in [0, 0.1) is 11.3 Å². The number of nitrogens with two attached hydrogens (primary N) is 1. The molecule has 2 rings (SSSR count). The maximum absolute atomic E-state index is 11.3. The molecule has 1 atom stereocenters. The first-order chi connectivity index (χ1) is 9.57. The number of halogens is 1. The summed E-state index contributed by atoms with van der Waals surface area (Å²) in [4.78, 5) is 13.6. The molecule has 1 unspecified atom stereocenters. The smallest absolute Gasteiger partial charge is 0.231 e. The topological polar surface area (TPSA) is 58.4 Å². The highest BCUT2D eigenvalue weighted by Gasteiger charge is 2.31. The second kappa shape index (κ2) is 8.96. The predicted octanol–water partition coefficient (Wildman–Crippen LogP) is 2.17. The molecule has 0 radical (unpaired) electrons. The molecule has 1 heterocycles. The molecule has 1 saturated heterocycles. The summed E-state index contributed by atoms with van der Waals surface area (Å²) in [5.41, 5.74) is 5.73. The van der Waals surface area contributed by atoms with E-state index < -0.39 is 0 Å². The Balaban J connectivity index is 0.00000220. The maximum atomic E-state index is 11.3. The van der Waals surface area contributed by atoms with E-state index in [1.54, 1.807) is 0 Å². The summed E-state index contributed by atoms with van der Waals surface area (Å²) in [5, 5.41) is 3.43. The molecule has 1 aliphatic heterocycles. The van der Waals surface area contributed by atoms with Crippen LogP contribution in [0.15, 0.2) is 0 Å². The number of hydrogen-bond donors (Lipinski definition) is 2. The van der Waals surface area contributed by atoms with Gasteiger partial charge in [-0.3, -0.25) is 9.69 Å². The highest BCUT2D eigenvalue weighted by Crippen LogP contribution is 2.28. The third-order valence-corrected chi connectivity index (χ3v) is 5.02. The van der Waals surface area contributed by atoms with E-state index >= 15 is 0 Å². The van der Waals surface area contributed by atoms with E-state index in [0.29, 0.717) is 12.0 Å². The van der Waals surface area contributed by atoms with Gasteiger partial charge in [0.2, 0.25) is 5.91 Å². The maximum Gasteiger partial charge on any atom is 0.231 e. The molecule has 1 aliphatic carbocycles. The number of amides is 1. The Bertz CT molecular complexity index is 313. The van der Waals surface area contributed by atoms with Crippen molar-refractivity contribution in [1.82, 2.24) is 10.2 Å². The molecule has 2 fully saturated rings. The Hall–Kier alpha value is -0.320.